The van der Waals surface area contributed by atoms with E-state index in [0.29, 0.717) is 6.64 Å². The summed E-state index contributed by atoms with van der Waals surface area (Å²) in [5.41, 5.74) is 0. The first-order valence-corrected chi connectivity index (χ1v) is 5.92. The van der Waals surface area contributed by atoms with Gasteiger partial charge in [0.25, 0.3) is 0 Å². The van der Waals surface area contributed by atoms with Crippen molar-refractivity contribution in [1.29, 1.82) is 0 Å². The Morgan fingerprint density at radius 3 is 1.50 bits per heavy atom. The minimum absolute atomic E-state index is 0.705. The summed E-state index contributed by atoms with van der Waals surface area (Å²) in [4.78, 5) is 0. The topological polar surface area (TPSA) is 0 Å². The fraction of sp³-hybridized carbons (Fsp3) is 1.00. The molecule has 0 saturated heterocycles. The van der Waals surface area contributed by atoms with Crippen molar-refractivity contribution in [3.8, 4) is 0 Å². The van der Waals surface area contributed by atoms with Gasteiger partial charge in [-0.15, -0.1) is 0 Å². The van der Waals surface area contributed by atoms with Gasteiger partial charge in [0.15, 0.2) is 0 Å². The summed E-state index contributed by atoms with van der Waals surface area (Å²) in [5, 5.41) is 0. The molecule has 0 atom stereocenters. The van der Waals surface area contributed by atoms with Crippen LogP contribution in [0.3, 0.4) is 0 Å². The van der Waals surface area contributed by atoms with Gasteiger partial charge in [0, 0.05) is 13.9 Å². The summed E-state index contributed by atoms with van der Waals surface area (Å²) in [6.45, 7) is 7.40. The maximum Gasteiger partial charge on any atom is 0.0672 e. The third-order valence-corrected chi connectivity index (χ3v) is 6.04. The summed E-state index contributed by atoms with van der Waals surface area (Å²) >= 11 is 0. The first-order valence-electron chi connectivity index (χ1n) is 4.09. The van der Waals surface area contributed by atoms with Gasteiger partial charge in [-0.25, -0.2) is 0 Å². The van der Waals surface area contributed by atoms with E-state index in [-0.39, 0.29) is 0 Å². The second-order valence-corrected chi connectivity index (χ2v) is 6.87. The van der Waals surface area contributed by atoms with Gasteiger partial charge in [0.2, 0.25) is 0 Å². The average Bonchev–Trinajstić information content (AvgIpc) is 1.95. The van der Waals surface area contributed by atoms with Crippen LogP contribution >= 0.6 is 7.26 Å². The normalized spacial score (nSPS) is 13.6. The summed E-state index contributed by atoms with van der Waals surface area (Å²) < 4.78 is 7.36. The Labute approximate surface area is 55.4 Å². The van der Waals surface area contributed by atoms with Crippen LogP contribution in [0.25, 0.3) is 0 Å². The van der Waals surface area contributed by atoms with E-state index in [1.807, 2.05) is 0 Å². The molecular formula is C7H18P+. The lowest BCUT2D eigenvalue weighted by atomic mass is 10.9. The summed E-state index contributed by atoms with van der Waals surface area (Å²) in [5.74, 6) is 0. The number of hydrogen-bond acceptors (Lipinski definition) is 0. The molecule has 1 heteroatoms. The van der Waals surface area contributed by atoms with Crippen molar-refractivity contribution in [2.75, 3.05) is 25.1 Å². The molecule has 0 radical (unpaired) electrons. The third-order valence-electron chi connectivity index (χ3n) is 2.01. The Morgan fingerprint density at radius 1 is 1.12 bits per heavy atom. The van der Waals surface area contributed by atoms with Crippen LogP contribution in [0, 0.1) is 0 Å². The molecular weight excluding hydrogens is 115 g/mol. The highest BCUT2D eigenvalue weighted by Gasteiger charge is 2.22. The van der Waals surface area contributed by atoms with E-state index in [1.54, 1.807) is 0 Å². The van der Waals surface area contributed by atoms with Crippen LogP contribution in [-0.4, -0.2) is 25.1 Å². The minimum Gasteiger partial charge on any atom is -0.0311 e. The number of rotatable bonds is 3. The lowest BCUT2D eigenvalue weighted by Gasteiger charge is -2.16. The zero-order valence-corrected chi connectivity index (χ0v) is 7.17. The van der Waals surface area contributed by atoms with E-state index in [9.17, 15) is 0 Å². The monoisotopic (exact) mass is 134 g/mol. The van der Waals surface area contributed by atoms with Crippen LogP contribution in [-0.2, 0) is 0 Å². The maximum atomic E-state index is 7.36. The van der Waals surface area contributed by atoms with Crippen LogP contribution in [0.5, 0.6) is 0 Å². The second-order valence-electron chi connectivity index (χ2n) is 2.29. The molecule has 0 aromatic carbocycles. The Kier molecular flexibility index (Phi) is 2.83. The van der Waals surface area contributed by atoms with Gasteiger partial charge in [-0.3, -0.25) is 0 Å². The summed E-state index contributed by atoms with van der Waals surface area (Å²) in [6.07, 6.45) is 3.80. The summed E-state index contributed by atoms with van der Waals surface area (Å²) in [6, 6.07) is 0. The molecule has 8 heavy (non-hydrogen) atoms. The van der Waals surface area contributed by atoms with E-state index >= 15 is 0 Å². The molecule has 0 fully saturated rings. The molecule has 0 saturated carbocycles. The standard InChI is InChI=1S/C7H18P/c1-5-8(4,6-2)7-3/h5-7H2,1-4H3/q+1/i4D. The molecule has 0 unspecified atom stereocenters. The lowest BCUT2D eigenvalue weighted by Crippen LogP contribution is -1.98. The Morgan fingerprint density at radius 2 is 1.50 bits per heavy atom. The molecule has 0 aliphatic carbocycles. The van der Waals surface area contributed by atoms with Gasteiger partial charge in [0.05, 0.1) is 19.9 Å². The molecule has 0 rings (SSSR count). The van der Waals surface area contributed by atoms with Crippen molar-refractivity contribution >= 4 is 7.26 Å². The smallest absolute Gasteiger partial charge is 0.0311 e. The van der Waals surface area contributed by atoms with Crippen LogP contribution in [0.2, 0.25) is 0 Å². The molecule has 0 spiro atoms. The molecule has 0 N–H and O–H groups in total. The largest absolute Gasteiger partial charge is 0.0672 e. The first-order chi connectivity index (χ1) is 4.24. The molecule has 0 amide bonds. The Balaban J connectivity index is 3.82. The molecule has 0 aromatic rings. The van der Waals surface area contributed by atoms with Crippen molar-refractivity contribution in [2.45, 2.75) is 20.8 Å². The Bertz CT molecular complexity index is 51.8. The molecule has 0 aliphatic rings. The SMILES string of the molecule is [2H]C[P+](CC)(CC)CC. The van der Waals surface area contributed by atoms with Crippen molar-refractivity contribution in [1.82, 2.24) is 0 Å². The van der Waals surface area contributed by atoms with Crippen molar-refractivity contribution in [3.63, 3.8) is 0 Å². The van der Waals surface area contributed by atoms with Gasteiger partial charge in [-0.2, -0.15) is 0 Å². The number of hydrogen-bond donors (Lipinski definition) is 0. The van der Waals surface area contributed by atoms with E-state index in [0.717, 1.165) is 0 Å². The van der Waals surface area contributed by atoms with Gasteiger partial charge in [0.1, 0.15) is 0 Å². The first kappa shape index (κ1) is 6.55. The molecule has 0 heterocycles. The van der Waals surface area contributed by atoms with Gasteiger partial charge in [-0.05, 0) is 20.8 Å². The van der Waals surface area contributed by atoms with Crippen LogP contribution in [0.1, 0.15) is 22.1 Å². The molecule has 0 aromatic heterocycles. The highest BCUT2D eigenvalue weighted by atomic mass is 31.2. The predicted octanol–water partition coefficient (Wildman–Crippen LogP) is 2.69. The van der Waals surface area contributed by atoms with Crippen LogP contribution < -0.4 is 0 Å². The zero-order valence-electron chi connectivity index (χ0n) is 7.28. The van der Waals surface area contributed by atoms with Crippen LogP contribution in [0.4, 0.5) is 0 Å². The zero-order chi connectivity index (χ0) is 7.33. The van der Waals surface area contributed by atoms with Gasteiger partial charge in [-0.1, -0.05) is 0 Å². The van der Waals surface area contributed by atoms with Crippen LogP contribution in [0.15, 0.2) is 0 Å². The van der Waals surface area contributed by atoms with Crippen molar-refractivity contribution in [2.24, 2.45) is 0 Å². The van der Waals surface area contributed by atoms with Gasteiger partial charge < -0.3 is 0 Å². The molecule has 0 aliphatic heterocycles. The highest BCUT2D eigenvalue weighted by molar-refractivity contribution is 7.75. The molecule has 0 bridgehead atoms. The Hall–Kier alpha value is 0.430. The summed E-state index contributed by atoms with van der Waals surface area (Å²) in [7, 11) is -0.753. The van der Waals surface area contributed by atoms with Crippen molar-refractivity contribution in [3.05, 3.63) is 0 Å². The second kappa shape index (κ2) is 3.45. The molecule has 0 nitrogen and oxygen atoms in total. The third kappa shape index (κ3) is 2.13. The fourth-order valence-corrected chi connectivity index (χ4v) is 2.01. The minimum atomic E-state index is -0.753. The van der Waals surface area contributed by atoms with E-state index < -0.39 is 7.26 Å². The predicted molar refractivity (Wildman–Crippen MR) is 44.5 cm³/mol. The van der Waals surface area contributed by atoms with E-state index in [2.05, 4.69) is 20.8 Å². The van der Waals surface area contributed by atoms with Crippen molar-refractivity contribution < 1.29 is 1.37 Å². The fourth-order valence-electron chi connectivity index (χ4n) is 0.671. The average molecular weight is 134 g/mol. The van der Waals surface area contributed by atoms with E-state index in [4.69, 9.17) is 1.37 Å². The highest BCUT2D eigenvalue weighted by Crippen LogP contribution is 2.53. The lowest BCUT2D eigenvalue weighted by molar-refractivity contribution is 1.31. The maximum absolute atomic E-state index is 7.36. The quantitative estimate of drug-likeness (QED) is 0.520. The van der Waals surface area contributed by atoms with Gasteiger partial charge >= 0.3 is 0 Å². The van der Waals surface area contributed by atoms with E-state index in [1.165, 1.54) is 18.5 Å². The molecule has 50 valence electrons.